The average Bonchev–Trinajstić information content (AvgIpc) is 2.04. The minimum atomic E-state index is -0.0865. The molecule has 1 unspecified atom stereocenters. The van der Waals surface area contributed by atoms with Gasteiger partial charge in [-0.1, -0.05) is 32.9 Å². The Hall–Kier alpha value is 0.270. The van der Waals surface area contributed by atoms with Gasteiger partial charge < -0.3 is 9.47 Å². The Bertz CT molecular complexity index is 78.5. The molecule has 0 aromatic carbocycles. The van der Waals surface area contributed by atoms with Crippen molar-refractivity contribution < 1.29 is 9.47 Å². The van der Waals surface area contributed by atoms with Gasteiger partial charge in [-0.05, 0) is 12.8 Å². The lowest BCUT2D eigenvalue weighted by Gasteiger charge is -2.08. The average molecular weight is 177 g/mol. The molecule has 0 aliphatic carbocycles. The van der Waals surface area contributed by atoms with Crippen LogP contribution in [0.15, 0.2) is 0 Å². The lowest BCUT2D eigenvalue weighted by atomic mass is 10.4. The predicted octanol–water partition coefficient (Wildman–Crippen LogP) is 2.71. The van der Waals surface area contributed by atoms with E-state index >= 15 is 0 Å². The number of rotatable bonds is 7. The standard InChI is InChI=1S/C8H17O2S/c1-3-5-6-9-7-10-8(11)4-2/h8H,3-7H2,1-2H3. The van der Waals surface area contributed by atoms with Gasteiger partial charge in [0.25, 0.3) is 0 Å². The van der Waals surface area contributed by atoms with Crippen molar-refractivity contribution in [1.29, 1.82) is 0 Å². The maximum absolute atomic E-state index is 5.16. The van der Waals surface area contributed by atoms with Crippen LogP contribution in [0.2, 0.25) is 0 Å². The molecule has 0 amide bonds. The van der Waals surface area contributed by atoms with E-state index in [1.54, 1.807) is 0 Å². The summed E-state index contributed by atoms with van der Waals surface area (Å²) in [6.45, 7) is 5.26. The third-order valence-corrected chi connectivity index (χ3v) is 1.78. The van der Waals surface area contributed by atoms with Crippen LogP contribution in [0.3, 0.4) is 0 Å². The second-order valence-corrected chi connectivity index (χ2v) is 2.91. The van der Waals surface area contributed by atoms with E-state index in [2.05, 4.69) is 6.92 Å². The van der Waals surface area contributed by atoms with Gasteiger partial charge in [0.2, 0.25) is 0 Å². The molecule has 2 nitrogen and oxygen atoms in total. The van der Waals surface area contributed by atoms with E-state index in [4.69, 9.17) is 22.1 Å². The van der Waals surface area contributed by atoms with Gasteiger partial charge in [-0.25, -0.2) is 0 Å². The molecule has 1 atom stereocenters. The van der Waals surface area contributed by atoms with Crippen molar-refractivity contribution in [1.82, 2.24) is 0 Å². The Morgan fingerprint density at radius 3 is 2.64 bits per heavy atom. The van der Waals surface area contributed by atoms with E-state index in [9.17, 15) is 0 Å². The van der Waals surface area contributed by atoms with Gasteiger partial charge in [0.1, 0.15) is 12.2 Å². The summed E-state index contributed by atoms with van der Waals surface area (Å²) in [6, 6.07) is 0. The van der Waals surface area contributed by atoms with Crippen molar-refractivity contribution in [3.63, 3.8) is 0 Å². The summed E-state index contributed by atoms with van der Waals surface area (Å²) in [6.07, 6.45) is 3.12. The van der Waals surface area contributed by atoms with Gasteiger partial charge >= 0.3 is 0 Å². The van der Waals surface area contributed by atoms with Crippen LogP contribution in [-0.4, -0.2) is 18.8 Å². The Kier molecular flexibility index (Phi) is 8.57. The quantitative estimate of drug-likeness (QED) is 0.440. The van der Waals surface area contributed by atoms with Crippen LogP contribution in [0.1, 0.15) is 33.1 Å². The van der Waals surface area contributed by atoms with Crippen LogP contribution in [0.25, 0.3) is 0 Å². The Morgan fingerprint density at radius 2 is 2.09 bits per heavy atom. The fourth-order valence-electron chi connectivity index (χ4n) is 0.547. The van der Waals surface area contributed by atoms with Crippen LogP contribution in [0.5, 0.6) is 0 Å². The molecule has 0 aromatic rings. The summed E-state index contributed by atoms with van der Waals surface area (Å²) >= 11 is 4.91. The van der Waals surface area contributed by atoms with E-state index in [0.717, 1.165) is 25.9 Å². The monoisotopic (exact) mass is 177 g/mol. The summed E-state index contributed by atoms with van der Waals surface area (Å²) < 4.78 is 10.3. The third kappa shape index (κ3) is 8.17. The Balaban J connectivity index is 2.89. The largest absolute Gasteiger partial charge is 0.355 e. The van der Waals surface area contributed by atoms with Crippen LogP contribution in [0, 0.1) is 0 Å². The molecule has 0 N–H and O–H groups in total. The summed E-state index contributed by atoms with van der Waals surface area (Å²) in [5, 5.41) is 0. The second-order valence-electron chi connectivity index (χ2n) is 2.38. The molecule has 0 spiro atoms. The van der Waals surface area contributed by atoms with Gasteiger partial charge in [0.05, 0.1) is 0 Å². The van der Waals surface area contributed by atoms with Gasteiger partial charge in [0.15, 0.2) is 0 Å². The molecule has 0 aliphatic heterocycles. The zero-order valence-electron chi connectivity index (χ0n) is 7.34. The second kappa shape index (κ2) is 8.37. The molecule has 0 rings (SSSR count). The maximum atomic E-state index is 5.16. The highest BCUT2D eigenvalue weighted by Gasteiger charge is 1.98. The molecule has 0 aromatic heterocycles. The van der Waals surface area contributed by atoms with Crippen molar-refractivity contribution in [2.24, 2.45) is 0 Å². The fourth-order valence-corrected chi connectivity index (χ4v) is 0.603. The molecule has 0 heterocycles. The summed E-state index contributed by atoms with van der Waals surface area (Å²) in [5.74, 6) is 0. The topological polar surface area (TPSA) is 18.5 Å². The van der Waals surface area contributed by atoms with E-state index in [1.807, 2.05) is 6.92 Å². The highest BCUT2D eigenvalue weighted by atomic mass is 32.1. The van der Waals surface area contributed by atoms with Gasteiger partial charge in [-0.2, -0.15) is 0 Å². The normalized spacial score (nSPS) is 13.4. The first-order valence-corrected chi connectivity index (χ1v) is 4.63. The molecule has 11 heavy (non-hydrogen) atoms. The lowest BCUT2D eigenvalue weighted by Crippen LogP contribution is -2.08. The third-order valence-electron chi connectivity index (χ3n) is 1.31. The van der Waals surface area contributed by atoms with Crippen LogP contribution < -0.4 is 0 Å². The number of hydrogen-bond acceptors (Lipinski definition) is 2. The first-order valence-electron chi connectivity index (χ1n) is 4.16. The molecule has 3 heteroatoms. The number of ether oxygens (including phenoxy) is 2. The molecule has 1 radical (unpaired) electrons. The minimum absolute atomic E-state index is 0.0865. The number of hydrogen-bond donors (Lipinski definition) is 0. The Morgan fingerprint density at radius 1 is 1.36 bits per heavy atom. The predicted molar refractivity (Wildman–Crippen MR) is 48.5 cm³/mol. The molecule has 0 saturated carbocycles. The van der Waals surface area contributed by atoms with Crippen LogP contribution in [0.4, 0.5) is 0 Å². The first-order chi connectivity index (χ1) is 5.31. The fraction of sp³-hybridized carbons (Fsp3) is 1.00. The van der Waals surface area contributed by atoms with Crippen molar-refractivity contribution in [3.8, 4) is 0 Å². The lowest BCUT2D eigenvalue weighted by molar-refractivity contribution is -0.0641. The zero-order chi connectivity index (χ0) is 8.53. The molecular weight excluding hydrogens is 160 g/mol. The maximum Gasteiger partial charge on any atom is 0.148 e. The van der Waals surface area contributed by atoms with Gasteiger partial charge in [-0.3, -0.25) is 0 Å². The number of unbranched alkanes of at least 4 members (excludes halogenated alkanes) is 1. The minimum Gasteiger partial charge on any atom is -0.355 e. The molecule has 0 bridgehead atoms. The molecule has 0 saturated heterocycles. The molecule has 0 fully saturated rings. The van der Waals surface area contributed by atoms with Crippen molar-refractivity contribution >= 4 is 12.6 Å². The highest BCUT2D eigenvalue weighted by molar-refractivity contribution is 7.80. The summed E-state index contributed by atoms with van der Waals surface area (Å²) in [7, 11) is 0. The smallest absolute Gasteiger partial charge is 0.148 e. The van der Waals surface area contributed by atoms with E-state index in [-0.39, 0.29) is 5.44 Å². The summed E-state index contributed by atoms with van der Waals surface area (Å²) in [5.41, 5.74) is -0.0865. The highest BCUT2D eigenvalue weighted by Crippen LogP contribution is 2.01. The van der Waals surface area contributed by atoms with Crippen molar-refractivity contribution in [3.05, 3.63) is 0 Å². The molecular formula is C8H17O2S. The molecule has 0 aliphatic rings. The zero-order valence-corrected chi connectivity index (χ0v) is 8.15. The summed E-state index contributed by atoms with van der Waals surface area (Å²) in [4.78, 5) is 0. The molecule has 67 valence electrons. The van der Waals surface area contributed by atoms with Crippen molar-refractivity contribution in [2.75, 3.05) is 13.4 Å². The van der Waals surface area contributed by atoms with Gasteiger partial charge in [0, 0.05) is 6.61 Å². The SMILES string of the molecule is CCCCOCOC([S])CC. The van der Waals surface area contributed by atoms with Crippen LogP contribution >= 0.6 is 12.6 Å². The Labute approximate surface area is 74.7 Å². The van der Waals surface area contributed by atoms with Gasteiger partial charge in [-0.15, -0.1) is 0 Å². The van der Waals surface area contributed by atoms with E-state index < -0.39 is 0 Å². The van der Waals surface area contributed by atoms with E-state index in [1.165, 1.54) is 0 Å². The first kappa shape index (κ1) is 11.3. The van der Waals surface area contributed by atoms with Crippen LogP contribution in [-0.2, 0) is 9.47 Å². The van der Waals surface area contributed by atoms with Crippen molar-refractivity contribution in [2.45, 2.75) is 38.5 Å². The van der Waals surface area contributed by atoms with E-state index in [0.29, 0.717) is 6.79 Å².